The van der Waals surface area contributed by atoms with Crippen LogP contribution in [0.3, 0.4) is 0 Å². The topological polar surface area (TPSA) is 0 Å². The SMILES string of the molecule is C1CCCCC2CC2CCCCCC2CC2CCCC1. The number of hydrogen-bond donors (Lipinski definition) is 0. The zero-order chi connectivity index (χ0) is 13.6. The quantitative estimate of drug-likeness (QED) is 0.460. The third kappa shape index (κ3) is 5.08. The van der Waals surface area contributed by atoms with Crippen molar-refractivity contribution in [3.8, 4) is 0 Å². The lowest BCUT2D eigenvalue weighted by Crippen LogP contribution is -1.89. The van der Waals surface area contributed by atoms with Crippen molar-refractivity contribution in [2.24, 2.45) is 23.7 Å². The second kappa shape index (κ2) is 7.85. The highest BCUT2D eigenvalue weighted by atomic mass is 14.4. The van der Waals surface area contributed by atoms with Crippen molar-refractivity contribution in [2.75, 3.05) is 0 Å². The van der Waals surface area contributed by atoms with E-state index in [4.69, 9.17) is 0 Å². The van der Waals surface area contributed by atoms with Gasteiger partial charge in [0.05, 0.1) is 0 Å². The first-order valence-corrected chi connectivity index (χ1v) is 9.93. The molecule has 3 aliphatic carbocycles. The highest BCUT2D eigenvalue weighted by molar-refractivity contribution is 4.87. The number of fused-ring (bicyclic) bond motifs is 2. The van der Waals surface area contributed by atoms with Gasteiger partial charge < -0.3 is 0 Å². The smallest absolute Gasteiger partial charge is 0.0383 e. The standard InChI is InChI=1S/C20H36/c1-2-4-7-11-17-15-19(17)13-9-6-10-14-20-16-18(20)12-8-5-3-1/h17-20H,1-16H2. The molecule has 116 valence electrons. The van der Waals surface area contributed by atoms with Crippen LogP contribution in [0.1, 0.15) is 103 Å². The van der Waals surface area contributed by atoms with Gasteiger partial charge in [-0.25, -0.2) is 0 Å². The van der Waals surface area contributed by atoms with E-state index in [0.29, 0.717) is 0 Å². The zero-order valence-corrected chi connectivity index (χ0v) is 13.6. The Kier molecular flexibility index (Phi) is 5.86. The van der Waals surface area contributed by atoms with Gasteiger partial charge in [-0.05, 0) is 36.5 Å². The van der Waals surface area contributed by atoms with Crippen molar-refractivity contribution in [3.05, 3.63) is 0 Å². The van der Waals surface area contributed by atoms with Crippen molar-refractivity contribution < 1.29 is 0 Å². The molecule has 3 rings (SSSR count). The average Bonchev–Trinajstić information content (AvgIpc) is 3.34. The molecule has 0 N–H and O–H groups in total. The molecule has 0 heteroatoms. The fourth-order valence-corrected chi connectivity index (χ4v) is 4.72. The summed E-state index contributed by atoms with van der Waals surface area (Å²) in [5.41, 5.74) is 0. The van der Waals surface area contributed by atoms with E-state index in [9.17, 15) is 0 Å². The van der Waals surface area contributed by atoms with Gasteiger partial charge in [0, 0.05) is 0 Å². The summed E-state index contributed by atoms with van der Waals surface area (Å²) in [5, 5.41) is 0. The van der Waals surface area contributed by atoms with E-state index in [1.165, 1.54) is 51.4 Å². The van der Waals surface area contributed by atoms with Gasteiger partial charge in [0.25, 0.3) is 0 Å². The summed E-state index contributed by atoms with van der Waals surface area (Å²) >= 11 is 0. The molecule has 0 aliphatic heterocycles. The second-order valence-electron chi connectivity index (χ2n) is 8.20. The third-order valence-electron chi connectivity index (χ3n) is 6.44. The summed E-state index contributed by atoms with van der Waals surface area (Å²) < 4.78 is 0. The van der Waals surface area contributed by atoms with Crippen LogP contribution in [0.15, 0.2) is 0 Å². The van der Waals surface area contributed by atoms with Gasteiger partial charge in [-0.3, -0.25) is 0 Å². The molecule has 0 bridgehead atoms. The molecule has 0 radical (unpaired) electrons. The Labute approximate surface area is 127 Å². The zero-order valence-electron chi connectivity index (χ0n) is 13.6. The van der Waals surface area contributed by atoms with Gasteiger partial charge in [-0.15, -0.1) is 0 Å². The van der Waals surface area contributed by atoms with E-state index in [2.05, 4.69) is 0 Å². The minimum Gasteiger partial charge on any atom is -0.0533 e. The molecule has 0 saturated heterocycles. The Hall–Kier alpha value is 0. The molecule has 3 saturated carbocycles. The van der Waals surface area contributed by atoms with Crippen LogP contribution in [-0.2, 0) is 0 Å². The molecular weight excluding hydrogens is 240 g/mol. The molecule has 0 aromatic carbocycles. The van der Waals surface area contributed by atoms with Crippen LogP contribution in [-0.4, -0.2) is 0 Å². The van der Waals surface area contributed by atoms with E-state index in [0.717, 1.165) is 23.7 Å². The van der Waals surface area contributed by atoms with Crippen molar-refractivity contribution >= 4 is 0 Å². The van der Waals surface area contributed by atoms with Gasteiger partial charge in [0.2, 0.25) is 0 Å². The van der Waals surface area contributed by atoms with Gasteiger partial charge in [0.1, 0.15) is 0 Å². The van der Waals surface area contributed by atoms with E-state index >= 15 is 0 Å². The minimum absolute atomic E-state index is 1.15. The molecule has 0 nitrogen and oxygen atoms in total. The van der Waals surface area contributed by atoms with Gasteiger partial charge in [-0.2, -0.15) is 0 Å². The van der Waals surface area contributed by atoms with Gasteiger partial charge >= 0.3 is 0 Å². The van der Waals surface area contributed by atoms with E-state index in [-0.39, 0.29) is 0 Å². The summed E-state index contributed by atoms with van der Waals surface area (Å²) in [7, 11) is 0. The Morgan fingerprint density at radius 3 is 0.900 bits per heavy atom. The highest BCUT2D eigenvalue weighted by Crippen LogP contribution is 2.47. The van der Waals surface area contributed by atoms with Crippen molar-refractivity contribution in [3.63, 3.8) is 0 Å². The number of hydrogen-bond acceptors (Lipinski definition) is 0. The van der Waals surface area contributed by atoms with Gasteiger partial charge in [-0.1, -0.05) is 89.9 Å². The predicted octanol–water partition coefficient (Wildman–Crippen LogP) is 6.73. The van der Waals surface area contributed by atoms with E-state index in [1.54, 1.807) is 51.4 Å². The Morgan fingerprint density at radius 2 is 0.550 bits per heavy atom. The summed E-state index contributed by atoms with van der Waals surface area (Å²) in [6.07, 6.45) is 24.7. The first-order valence-electron chi connectivity index (χ1n) is 9.93. The summed E-state index contributed by atoms with van der Waals surface area (Å²) in [5.74, 6) is 4.62. The molecule has 3 fully saturated rings. The molecule has 0 heterocycles. The number of rotatable bonds is 0. The van der Waals surface area contributed by atoms with Crippen LogP contribution in [0.2, 0.25) is 0 Å². The molecule has 0 aromatic rings. The first kappa shape index (κ1) is 14.9. The van der Waals surface area contributed by atoms with Crippen molar-refractivity contribution in [1.29, 1.82) is 0 Å². The van der Waals surface area contributed by atoms with Crippen LogP contribution in [0.25, 0.3) is 0 Å². The van der Waals surface area contributed by atoms with E-state index in [1.807, 2.05) is 0 Å². The average molecular weight is 277 g/mol. The lowest BCUT2D eigenvalue weighted by atomic mass is 10.0. The maximum atomic E-state index is 1.59. The molecule has 4 atom stereocenters. The summed E-state index contributed by atoms with van der Waals surface area (Å²) in [4.78, 5) is 0. The highest BCUT2D eigenvalue weighted by Gasteiger charge is 2.36. The van der Waals surface area contributed by atoms with E-state index < -0.39 is 0 Å². The maximum Gasteiger partial charge on any atom is -0.0383 e. The molecular formula is C20H36. The molecule has 3 aliphatic rings. The summed E-state index contributed by atoms with van der Waals surface area (Å²) in [6.45, 7) is 0. The van der Waals surface area contributed by atoms with Crippen LogP contribution in [0.4, 0.5) is 0 Å². The predicted molar refractivity (Wildman–Crippen MR) is 87.8 cm³/mol. The molecule has 0 aromatic heterocycles. The van der Waals surface area contributed by atoms with Crippen molar-refractivity contribution in [2.45, 2.75) is 103 Å². The molecule has 4 unspecified atom stereocenters. The Balaban J connectivity index is 1.32. The molecule has 0 spiro atoms. The fraction of sp³-hybridized carbons (Fsp3) is 1.00. The normalized spacial score (nSPS) is 40.8. The fourth-order valence-electron chi connectivity index (χ4n) is 4.72. The Bertz CT molecular complexity index is 243. The van der Waals surface area contributed by atoms with Crippen LogP contribution in [0.5, 0.6) is 0 Å². The second-order valence-corrected chi connectivity index (χ2v) is 8.20. The maximum absolute atomic E-state index is 1.59. The first-order chi connectivity index (χ1) is 9.93. The Morgan fingerprint density at radius 1 is 0.300 bits per heavy atom. The van der Waals surface area contributed by atoms with Gasteiger partial charge in [0.15, 0.2) is 0 Å². The largest absolute Gasteiger partial charge is 0.0533 e. The summed E-state index contributed by atoms with van der Waals surface area (Å²) in [6, 6.07) is 0. The monoisotopic (exact) mass is 276 g/mol. The van der Waals surface area contributed by atoms with Crippen molar-refractivity contribution in [1.82, 2.24) is 0 Å². The van der Waals surface area contributed by atoms with Crippen LogP contribution < -0.4 is 0 Å². The lowest BCUT2D eigenvalue weighted by molar-refractivity contribution is 0.487. The minimum atomic E-state index is 1.15. The molecule has 20 heavy (non-hydrogen) atoms. The third-order valence-corrected chi connectivity index (χ3v) is 6.44. The van der Waals surface area contributed by atoms with Crippen LogP contribution in [0, 0.1) is 23.7 Å². The molecule has 0 amide bonds. The lowest BCUT2D eigenvalue weighted by Gasteiger charge is -2.05. The van der Waals surface area contributed by atoms with Crippen LogP contribution >= 0.6 is 0 Å².